The zero-order valence-electron chi connectivity index (χ0n) is 15.6. The summed E-state index contributed by atoms with van der Waals surface area (Å²) in [7, 11) is 0. The largest absolute Gasteiger partial charge is 0.333 e. The number of nitrogens with zero attached hydrogens (tertiary/aromatic N) is 2. The Morgan fingerprint density at radius 2 is 1.44 bits per heavy atom. The lowest BCUT2D eigenvalue weighted by Crippen LogP contribution is -2.30. The van der Waals surface area contributed by atoms with Gasteiger partial charge in [0.2, 0.25) is 0 Å². The molecule has 1 saturated heterocycles. The number of rotatable bonds is 2. The van der Waals surface area contributed by atoms with Crippen molar-refractivity contribution in [1.82, 2.24) is 10.3 Å². The van der Waals surface area contributed by atoms with Gasteiger partial charge in [0.05, 0.1) is 5.69 Å². The third-order valence-electron chi connectivity index (χ3n) is 3.19. The summed E-state index contributed by atoms with van der Waals surface area (Å²) in [6.07, 6.45) is 4.90. The number of carbonyl (C=O) groups is 4. The normalized spacial score (nSPS) is 13.3. The standard InChI is InChI=1S/C16H13N3O2.C2H6.2CH2O/c1-11-2-4-13(5-3-11)19-15(20)14(18-16(19)21)10-12-6-8-17-9-7-12;3*1-2/h2-10H,1H3,(H,18,21);1-2H3;2*1H2/b14-10-;;;. The van der Waals surface area contributed by atoms with Crippen LogP contribution in [0.3, 0.4) is 0 Å². The van der Waals surface area contributed by atoms with Gasteiger partial charge in [-0.3, -0.25) is 9.78 Å². The van der Waals surface area contributed by atoms with Crippen LogP contribution in [0.1, 0.15) is 25.0 Å². The predicted octanol–water partition coefficient (Wildman–Crippen LogP) is 3.14. The molecule has 0 bridgehead atoms. The summed E-state index contributed by atoms with van der Waals surface area (Å²) in [5.41, 5.74) is 2.69. The molecule has 1 aliphatic rings. The second-order valence-electron chi connectivity index (χ2n) is 4.74. The molecule has 1 aliphatic heterocycles. The number of amides is 3. The molecule has 3 rings (SSSR count). The van der Waals surface area contributed by atoms with E-state index in [0.717, 1.165) is 16.0 Å². The maximum Gasteiger partial charge on any atom is 0.333 e. The van der Waals surface area contributed by atoms with Gasteiger partial charge in [0.1, 0.15) is 19.3 Å². The molecule has 27 heavy (non-hydrogen) atoms. The molecule has 0 aliphatic carbocycles. The fourth-order valence-electron chi connectivity index (χ4n) is 2.09. The van der Waals surface area contributed by atoms with Gasteiger partial charge < -0.3 is 14.9 Å². The summed E-state index contributed by atoms with van der Waals surface area (Å²) in [4.78, 5) is 45.4. The Balaban J connectivity index is 0.00000103. The SMILES string of the molecule is C=O.C=O.CC.Cc1ccc(N2C(=O)N/C(=C\c3ccncc3)C2=O)cc1. The number of imide groups is 1. The Morgan fingerprint density at radius 1 is 0.926 bits per heavy atom. The first-order valence-electron chi connectivity index (χ1n) is 8.07. The van der Waals surface area contributed by atoms with Gasteiger partial charge in [-0.15, -0.1) is 0 Å². The summed E-state index contributed by atoms with van der Waals surface area (Å²) in [5.74, 6) is -0.360. The summed E-state index contributed by atoms with van der Waals surface area (Å²) < 4.78 is 0. The lowest BCUT2D eigenvalue weighted by Gasteiger charge is -2.11. The van der Waals surface area contributed by atoms with Crippen molar-refractivity contribution in [2.75, 3.05) is 4.90 Å². The molecule has 0 atom stereocenters. The molecule has 3 amide bonds. The molecule has 1 aromatic carbocycles. The summed E-state index contributed by atoms with van der Waals surface area (Å²) in [6, 6.07) is 10.3. The quantitative estimate of drug-likeness (QED) is 0.648. The number of hydrogen-bond acceptors (Lipinski definition) is 5. The van der Waals surface area contributed by atoms with E-state index >= 15 is 0 Å². The van der Waals surface area contributed by atoms with Crippen molar-refractivity contribution in [2.45, 2.75) is 20.8 Å². The van der Waals surface area contributed by atoms with Gasteiger partial charge in [-0.25, -0.2) is 9.69 Å². The Labute approximate surface area is 158 Å². The fourth-order valence-corrected chi connectivity index (χ4v) is 2.09. The van der Waals surface area contributed by atoms with Gasteiger partial charge in [-0.1, -0.05) is 31.5 Å². The van der Waals surface area contributed by atoms with Crippen LogP contribution in [0.15, 0.2) is 54.5 Å². The van der Waals surface area contributed by atoms with E-state index in [4.69, 9.17) is 9.59 Å². The van der Waals surface area contributed by atoms with Crippen molar-refractivity contribution in [3.63, 3.8) is 0 Å². The number of hydrogen-bond donors (Lipinski definition) is 1. The van der Waals surface area contributed by atoms with E-state index in [1.807, 2.05) is 46.5 Å². The second-order valence-corrected chi connectivity index (χ2v) is 4.74. The highest BCUT2D eigenvalue weighted by atomic mass is 16.2. The highest BCUT2D eigenvalue weighted by Crippen LogP contribution is 2.22. The molecule has 1 N–H and O–H groups in total. The van der Waals surface area contributed by atoms with Crippen LogP contribution in [0.4, 0.5) is 10.5 Å². The van der Waals surface area contributed by atoms with E-state index in [-0.39, 0.29) is 11.6 Å². The molecule has 2 aromatic rings. The second kappa shape index (κ2) is 12.7. The zero-order chi connectivity index (χ0) is 20.8. The molecule has 1 aromatic heterocycles. The van der Waals surface area contributed by atoms with Crippen LogP contribution in [0.25, 0.3) is 6.08 Å². The molecular weight excluding hydrogens is 346 g/mol. The molecular formula is C20H23N3O4. The molecule has 0 radical (unpaired) electrons. The van der Waals surface area contributed by atoms with E-state index < -0.39 is 6.03 Å². The van der Waals surface area contributed by atoms with Crippen LogP contribution in [-0.2, 0) is 14.4 Å². The molecule has 1 fully saturated rings. The van der Waals surface area contributed by atoms with Crippen molar-refractivity contribution in [3.8, 4) is 0 Å². The van der Waals surface area contributed by atoms with E-state index in [1.54, 1.807) is 42.7 Å². The molecule has 7 heteroatoms. The highest BCUT2D eigenvalue weighted by molar-refractivity contribution is 6.28. The van der Waals surface area contributed by atoms with Gasteiger partial charge >= 0.3 is 6.03 Å². The number of carbonyl (C=O) groups excluding carboxylic acids is 4. The smallest absolute Gasteiger partial charge is 0.307 e. The monoisotopic (exact) mass is 369 g/mol. The van der Waals surface area contributed by atoms with Crippen LogP contribution < -0.4 is 10.2 Å². The summed E-state index contributed by atoms with van der Waals surface area (Å²) in [5, 5.41) is 2.59. The minimum absolute atomic E-state index is 0.256. The van der Waals surface area contributed by atoms with Crippen molar-refractivity contribution < 1.29 is 19.2 Å². The van der Waals surface area contributed by atoms with Crippen molar-refractivity contribution in [2.24, 2.45) is 0 Å². The zero-order valence-corrected chi connectivity index (χ0v) is 15.6. The van der Waals surface area contributed by atoms with Crippen LogP contribution in [0.5, 0.6) is 0 Å². The van der Waals surface area contributed by atoms with Gasteiger partial charge in [-0.05, 0) is 42.8 Å². The highest BCUT2D eigenvalue weighted by Gasteiger charge is 2.34. The van der Waals surface area contributed by atoms with E-state index in [0.29, 0.717) is 5.69 Å². The van der Waals surface area contributed by atoms with Crippen molar-refractivity contribution in [1.29, 1.82) is 0 Å². The molecule has 142 valence electrons. The first-order chi connectivity index (χ1) is 13.1. The number of anilines is 1. The molecule has 7 nitrogen and oxygen atoms in total. The van der Waals surface area contributed by atoms with Crippen LogP contribution >= 0.6 is 0 Å². The van der Waals surface area contributed by atoms with Crippen LogP contribution in [-0.4, -0.2) is 30.5 Å². The van der Waals surface area contributed by atoms with E-state index in [2.05, 4.69) is 10.3 Å². The van der Waals surface area contributed by atoms with E-state index in [1.165, 1.54) is 0 Å². The number of aryl methyl sites for hydroxylation is 1. The van der Waals surface area contributed by atoms with E-state index in [9.17, 15) is 9.59 Å². The van der Waals surface area contributed by atoms with Crippen molar-refractivity contribution >= 4 is 37.3 Å². The van der Waals surface area contributed by atoms with Crippen molar-refractivity contribution in [3.05, 3.63) is 65.6 Å². The third-order valence-corrected chi connectivity index (χ3v) is 3.19. The predicted molar refractivity (Wildman–Crippen MR) is 105 cm³/mol. The molecule has 0 saturated carbocycles. The number of urea groups is 1. The maximum absolute atomic E-state index is 12.4. The topological polar surface area (TPSA) is 96.4 Å². The Hall–Kier alpha value is -3.61. The average molecular weight is 369 g/mol. The van der Waals surface area contributed by atoms with Gasteiger partial charge in [0.25, 0.3) is 5.91 Å². The third kappa shape index (κ3) is 6.32. The van der Waals surface area contributed by atoms with Gasteiger partial charge in [0, 0.05) is 12.4 Å². The Morgan fingerprint density at radius 3 is 1.96 bits per heavy atom. The number of benzene rings is 1. The first kappa shape index (κ1) is 23.4. The molecule has 0 unspecified atom stereocenters. The Kier molecular flexibility index (Phi) is 11.0. The average Bonchev–Trinajstić information content (AvgIpc) is 3.01. The maximum atomic E-state index is 12.4. The minimum Gasteiger partial charge on any atom is -0.307 e. The summed E-state index contributed by atoms with van der Waals surface area (Å²) in [6.45, 7) is 9.95. The van der Waals surface area contributed by atoms with Gasteiger partial charge in [-0.2, -0.15) is 0 Å². The Bertz CT molecular complexity index is 757. The van der Waals surface area contributed by atoms with Gasteiger partial charge in [0.15, 0.2) is 0 Å². The minimum atomic E-state index is -0.441. The molecule has 0 spiro atoms. The number of nitrogens with one attached hydrogen (secondary N) is 1. The molecule has 2 heterocycles. The van der Waals surface area contributed by atoms with Crippen LogP contribution in [0.2, 0.25) is 0 Å². The first-order valence-corrected chi connectivity index (χ1v) is 8.07. The number of pyridine rings is 1. The lowest BCUT2D eigenvalue weighted by molar-refractivity contribution is -0.113. The fraction of sp³-hybridized carbons (Fsp3) is 0.150. The summed E-state index contributed by atoms with van der Waals surface area (Å²) >= 11 is 0. The lowest BCUT2D eigenvalue weighted by atomic mass is 10.2. The number of aromatic nitrogens is 1. The van der Waals surface area contributed by atoms with Crippen LogP contribution in [0, 0.1) is 6.92 Å².